The maximum Gasteiger partial charge on any atom is 0.228 e. The number of amides is 2. The number of fused-ring (bicyclic) bond motifs is 1. The van der Waals surface area contributed by atoms with Gasteiger partial charge < -0.3 is 20.3 Å². The van der Waals surface area contributed by atoms with Crippen molar-refractivity contribution in [2.75, 3.05) is 46.4 Å². The number of alkyl halides is 1. The van der Waals surface area contributed by atoms with Crippen LogP contribution in [0.15, 0.2) is 0 Å². The van der Waals surface area contributed by atoms with Gasteiger partial charge in [-0.1, -0.05) is 0 Å². The highest BCUT2D eigenvalue weighted by molar-refractivity contribution is 8.00. The fourth-order valence-electron chi connectivity index (χ4n) is 6.86. The molecule has 5 heterocycles. The zero-order chi connectivity index (χ0) is 26.3. The Balaban J connectivity index is 1.15. The smallest absolute Gasteiger partial charge is 0.228 e. The SMILES string of the molecule is COC1CNC(Cl)CC1C1CC(C)NCC1C(=O)NC1NC2CN(C(=O)C3CNN(C(C)C)C3)CC2S1. The molecule has 0 aromatic carbocycles. The van der Waals surface area contributed by atoms with Crippen LogP contribution in [0.25, 0.3) is 0 Å². The summed E-state index contributed by atoms with van der Waals surface area (Å²) >= 11 is 8.22. The predicted molar refractivity (Wildman–Crippen MR) is 146 cm³/mol. The zero-order valence-corrected chi connectivity index (χ0v) is 24.0. The molecule has 5 fully saturated rings. The van der Waals surface area contributed by atoms with Crippen LogP contribution >= 0.6 is 23.4 Å². The molecule has 210 valence electrons. The molecular weight excluding hydrogens is 514 g/mol. The molecule has 5 aliphatic rings. The molecule has 10 nitrogen and oxygen atoms in total. The minimum atomic E-state index is -0.128. The highest BCUT2D eigenvalue weighted by atomic mass is 35.5. The number of hydrogen-bond donors (Lipinski definition) is 5. The molecular formula is C25H44ClN7O3S. The van der Waals surface area contributed by atoms with Gasteiger partial charge in [-0.15, -0.1) is 23.4 Å². The quantitative estimate of drug-likeness (QED) is 0.227. The Kier molecular flexibility index (Phi) is 8.92. The van der Waals surface area contributed by atoms with E-state index < -0.39 is 0 Å². The van der Waals surface area contributed by atoms with E-state index in [4.69, 9.17) is 16.3 Å². The third-order valence-corrected chi connectivity index (χ3v) is 10.7. The lowest BCUT2D eigenvalue weighted by Gasteiger charge is -2.45. The van der Waals surface area contributed by atoms with Gasteiger partial charge in [0.25, 0.3) is 0 Å². The van der Waals surface area contributed by atoms with Crippen LogP contribution in [0.1, 0.15) is 33.6 Å². The second-order valence-corrected chi connectivity index (χ2v) is 13.6. The summed E-state index contributed by atoms with van der Waals surface area (Å²) in [5, 5.41) is 16.1. The Morgan fingerprint density at radius 3 is 2.59 bits per heavy atom. The summed E-state index contributed by atoms with van der Waals surface area (Å²) in [7, 11) is 1.75. The van der Waals surface area contributed by atoms with Gasteiger partial charge >= 0.3 is 0 Å². The standard InChI is InChI=1S/C25H44ClN7O3S/c1-13(2)33-10-15(7-29-33)24(35)32-11-19-21(12-32)37-25(30-19)31-23(34)18-8-27-14(3)5-16(18)17-6-22(26)28-9-20(17)36-4/h13-22,25,27-30H,5-12H2,1-4H3,(H,31,34). The molecule has 5 rings (SSSR count). The van der Waals surface area contributed by atoms with Crippen LogP contribution in [-0.4, -0.2) is 109 Å². The molecule has 37 heavy (non-hydrogen) atoms. The summed E-state index contributed by atoms with van der Waals surface area (Å²) in [6.07, 6.45) is 1.80. The topological polar surface area (TPSA) is 110 Å². The summed E-state index contributed by atoms with van der Waals surface area (Å²) in [6.45, 7) is 10.8. The highest BCUT2D eigenvalue weighted by Crippen LogP contribution is 2.38. The van der Waals surface area contributed by atoms with E-state index in [2.05, 4.69) is 52.5 Å². The lowest BCUT2D eigenvalue weighted by molar-refractivity contribution is -0.134. The van der Waals surface area contributed by atoms with E-state index in [1.54, 1.807) is 18.9 Å². The minimum absolute atomic E-state index is 0.0124. The van der Waals surface area contributed by atoms with Crippen molar-refractivity contribution in [1.82, 2.24) is 36.6 Å². The van der Waals surface area contributed by atoms with E-state index in [0.717, 1.165) is 25.9 Å². The molecule has 0 radical (unpaired) electrons. The number of piperidine rings is 2. The van der Waals surface area contributed by atoms with Crippen molar-refractivity contribution in [2.45, 2.75) is 74.1 Å². The number of hydrazine groups is 1. The molecule has 0 aromatic heterocycles. The number of carbonyl (C=O) groups excluding carboxylic acids is 2. The molecule has 10 unspecified atom stereocenters. The van der Waals surface area contributed by atoms with Crippen LogP contribution in [0.5, 0.6) is 0 Å². The number of thioether (sulfide) groups is 1. The van der Waals surface area contributed by atoms with Crippen molar-refractivity contribution in [3.8, 4) is 0 Å². The second kappa shape index (κ2) is 11.8. The lowest BCUT2D eigenvalue weighted by atomic mass is 9.70. The van der Waals surface area contributed by atoms with E-state index in [9.17, 15) is 9.59 Å². The number of likely N-dealkylation sites (tertiary alicyclic amines) is 1. The Hall–Kier alpha value is -0.660. The van der Waals surface area contributed by atoms with Crippen molar-refractivity contribution < 1.29 is 14.3 Å². The molecule has 5 N–H and O–H groups in total. The van der Waals surface area contributed by atoms with Crippen molar-refractivity contribution in [1.29, 1.82) is 0 Å². The van der Waals surface area contributed by atoms with Crippen LogP contribution in [0.4, 0.5) is 0 Å². The predicted octanol–water partition coefficient (Wildman–Crippen LogP) is -0.0496. The van der Waals surface area contributed by atoms with Crippen molar-refractivity contribution in [3.63, 3.8) is 0 Å². The van der Waals surface area contributed by atoms with Gasteiger partial charge in [0.2, 0.25) is 11.8 Å². The first kappa shape index (κ1) is 27.9. The minimum Gasteiger partial charge on any atom is -0.380 e. The number of nitrogens with zero attached hydrogens (tertiary/aromatic N) is 2. The van der Waals surface area contributed by atoms with Crippen molar-refractivity contribution in [2.24, 2.45) is 23.7 Å². The van der Waals surface area contributed by atoms with Crippen LogP contribution in [0.3, 0.4) is 0 Å². The molecule has 5 saturated heterocycles. The van der Waals surface area contributed by atoms with E-state index in [1.165, 1.54) is 0 Å². The molecule has 2 amide bonds. The van der Waals surface area contributed by atoms with Crippen molar-refractivity contribution in [3.05, 3.63) is 0 Å². The number of ether oxygens (including phenoxy) is 1. The van der Waals surface area contributed by atoms with E-state index in [0.29, 0.717) is 43.5 Å². The number of hydrogen-bond acceptors (Lipinski definition) is 9. The summed E-state index contributed by atoms with van der Waals surface area (Å²) in [5.41, 5.74) is 3.14. The van der Waals surface area contributed by atoms with Gasteiger partial charge in [0, 0.05) is 69.8 Å². The number of carbonyl (C=O) groups is 2. The van der Waals surface area contributed by atoms with Crippen LogP contribution < -0.4 is 26.7 Å². The molecule has 5 aliphatic heterocycles. The maximum absolute atomic E-state index is 13.6. The monoisotopic (exact) mass is 557 g/mol. The van der Waals surface area contributed by atoms with Crippen LogP contribution in [-0.2, 0) is 14.3 Å². The van der Waals surface area contributed by atoms with Gasteiger partial charge in [0.05, 0.1) is 23.4 Å². The Labute approximate surface area is 230 Å². The highest BCUT2D eigenvalue weighted by Gasteiger charge is 2.47. The van der Waals surface area contributed by atoms with Crippen molar-refractivity contribution >= 4 is 35.2 Å². The van der Waals surface area contributed by atoms with E-state index >= 15 is 0 Å². The fourth-order valence-corrected chi connectivity index (χ4v) is 8.56. The van der Waals surface area contributed by atoms with Crippen LogP contribution in [0, 0.1) is 23.7 Å². The zero-order valence-electron chi connectivity index (χ0n) is 22.4. The molecule has 0 bridgehead atoms. The maximum atomic E-state index is 13.6. The average molecular weight is 558 g/mol. The third-order valence-electron chi connectivity index (χ3n) is 8.97. The molecule has 10 atom stereocenters. The Morgan fingerprint density at radius 1 is 1.08 bits per heavy atom. The number of methoxy groups -OCH3 is 1. The molecule has 12 heteroatoms. The normalized spacial score (nSPS) is 42.8. The van der Waals surface area contributed by atoms with E-state index in [1.807, 2.05) is 4.90 Å². The summed E-state index contributed by atoms with van der Waals surface area (Å²) < 4.78 is 5.81. The third kappa shape index (κ3) is 6.09. The second-order valence-electron chi connectivity index (χ2n) is 11.7. The van der Waals surface area contributed by atoms with Gasteiger partial charge in [-0.25, -0.2) is 5.01 Å². The van der Waals surface area contributed by atoms with Gasteiger partial charge in [-0.05, 0) is 45.4 Å². The first-order chi connectivity index (χ1) is 17.7. The largest absolute Gasteiger partial charge is 0.380 e. The summed E-state index contributed by atoms with van der Waals surface area (Å²) in [6, 6.07) is 0.945. The van der Waals surface area contributed by atoms with Gasteiger partial charge in [0.1, 0.15) is 5.50 Å². The average Bonchev–Trinajstić information content (AvgIpc) is 3.59. The first-order valence-corrected chi connectivity index (χ1v) is 15.3. The molecule has 0 saturated carbocycles. The Bertz CT molecular complexity index is 826. The molecule has 0 aliphatic carbocycles. The molecule has 0 spiro atoms. The van der Waals surface area contributed by atoms with Gasteiger partial charge in [-0.3, -0.25) is 25.6 Å². The first-order valence-electron chi connectivity index (χ1n) is 13.9. The van der Waals surface area contributed by atoms with Gasteiger partial charge in [-0.2, -0.15) is 0 Å². The lowest BCUT2D eigenvalue weighted by Crippen LogP contribution is -2.57. The Morgan fingerprint density at radius 2 is 1.89 bits per heavy atom. The fraction of sp³-hybridized carbons (Fsp3) is 0.920. The summed E-state index contributed by atoms with van der Waals surface area (Å²) in [4.78, 5) is 28.7. The number of nitrogens with one attached hydrogen (secondary N) is 5. The number of rotatable bonds is 6. The molecule has 0 aromatic rings. The van der Waals surface area contributed by atoms with Gasteiger partial charge in [0.15, 0.2) is 0 Å². The number of halogens is 1. The summed E-state index contributed by atoms with van der Waals surface area (Å²) in [5.74, 6) is 0.680. The van der Waals surface area contributed by atoms with E-state index in [-0.39, 0.29) is 58.6 Å². The van der Waals surface area contributed by atoms with Crippen LogP contribution in [0.2, 0.25) is 0 Å².